The van der Waals surface area contributed by atoms with Gasteiger partial charge in [0, 0.05) is 25.6 Å². The molecule has 3 nitrogen and oxygen atoms in total. The van der Waals surface area contributed by atoms with Crippen LogP contribution in [0.4, 0.5) is 0 Å². The Morgan fingerprint density at radius 3 is 2.36 bits per heavy atom. The third kappa shape index (κ3) is 5.43. The van der Waals surface area contributed by atoms with Gasteiger partial charge in [-0.15, -0.1) is 0 Å². The SMILES string of the molecule is O=C1CCC(CCNCc2ccccc2)N1CCCc1ccccc1. The Balaban J connectivity index is 1.39. The number of likely N-dealkylation sites (tertiary alicyclic amines) is 1. The summed E-state index contributed by atoms with van der Waals surface area (Å²) >= 11 is 0. The largest absolute Gasteiger partial charge is 0.340 e. The number of benzene rings is 2. The Morgan fingerprint density at radius 1 is 0.960 bits per heavy atom. The molecule has 3 rings (SSSR count). The molecule has 0 saturated carbocycles. The highest BCUT2D eigenvalue weighted by atomic mass is 16.2. The first kappa shape index (κ1) is 17.7. The minimum Gasteiger partial charge on any atom is -0.340 e. The molecule has 25 heavy (non-hydrogen) atoms. The molecule has 1 aliphatic rings. The zero-order valence-electron chi connectivity index (χ0n) is 14.9. The lowest BCUT2D eigenvalue weighted by Crippen LogP contribution is -2.36. The van der Waals surface area contributed by atoms with E-state index >= 15 is 0 Å². The van der Waals surface area contributed by atoms with Crippen LogP contribution in [0.3, 0.4) is 0 Å². The van der Waals surface area contributed by atoms with E-state index in [-0.39, 0.29) is 0 Å². The van der Waals surface area contributed by atoms with E-state index in [2.05, 4.69) is 58.7 Å². The third-order valence-corrected chi connectivity index (χ3v) is 4.99. The molecular formula is C22H28N2O. The molecule has 1 amide bonds. The predicted molar refractivity (Wildman–Crippen MR) is 102 cm³/mol. The molecule has 2 aromatic carbocycles. The van der Waals surface area contributed by atoms with Crippen LogP contribution in [0.15, 0.2) is 60.7 Å². The summed E-state index contributed by atoms with van der Waals surface area (Å²) in [4.78, 5) is 14.3. The Morgan fingerprint density at radius 2 is 1.64 bits per heavy atom. The van der Waals surface area contributed by atoms with Crippen molar-refractivity contribution >= 4 is 5.91 Å². The minimum atomic E-state index is 0.334. The first-order valence-corrected chi connectivity index (χ1v) is 9.41. The lowest BCUT2D eigenvalue weighted by Gasteiger charge is -2.25. The smallest absolute Gasteiger partial charge is 0.222 e. The summed E-state index contributed by atoms with van der Waals surface area (Å²) in [6.45, 7) is 2.74. The topological polar surface area (TPSA) is 32.3 Å². The fraction of sp³-hybridized carbons (Fsp3) is 0.409. The van der Waals surface area contributed by atoms with Crippen LogP contribution in [0.5, 0.6) is 0 Å². The number of carbonyl (C=O) groups is 1. The first-order chi connectivity index (χ1) is 12.3. The number of carbonyl (C=O) groups excluding carboxylic acids is 1. The molecule has 2 aromatic rings. The van der Waals surface area contributed by atoms with Gasteiger partial charge >= 0.3 is 0 Å². The highest BCUT2D eigenvalue weighted by Gasteiger charge is 2.29. The number of hydrogen-bond acceptors (Lipinski definition) is 2. The van der Waals surface area contributed by atoms with Gasteiger partial charge in [0.05, 0.1) is 0 Å². The zero-order valence-corrected chi connectivity index (χ0v) is 14.9. The van der Waals surface area contributed by atoms with Crippen molar-refractivity contribution in [2.45, 2.75) is 44.7 Å². The van der Waals surface area contributed by atoms with Gasteiger partial charge in [-0.25, -0.2) is 0 Å². The number of aryl methyl sites for hydroxylation is 1. The monoisotopic (exact) mass is 336 g/mol. The van der Waals surface area contributed by atoms with Crippen LogP contribution in [0.2, 0.25) is 0 Å². The zero-order chi connectivity index (χ0) is 17.3. The van der Waals surface area contributed by atoms with E-state index in [1.165, 1.54) is 11.1 Å². The number of rotatable bonds is 9. The van der Waals surface area contributed by atoms with Crippen LogP contribution in [-0.4, -0.2) is 29.9 Å². The summed E-state index contributed by atoms with van der Waals surface area (Å²) in [5, 5.41) is 3.51. The van der Waals surface area contributed by atoms with E-state index in [0.29, 0.717) is 18.4 Å². The molecule has 0 aromatic heterocycles. The van der Waals surface area contributed by atoms with Crippen LogP contribution >= 0.6 is 0 Å². The van der Waals surface area contributed by atoms with Crippen LogP contribution < -0.4 is 5.32 Å². The molecule has 0 radical (unpaired) electrons. The van der Waals surface area contributed by atoms with Gasteiger partial charge in [-0.2, -0.15) is 0 Å². The van der Waals surface area contributed by atoms with Gasteiger partial charge in [0.2, 0.25) is 5.91 Å². The third-order valence-electron chi connectivity index (χ3n) is 4.99. The lowest BCUT2D eigenvalue weighted by atomic mass is 10.1. The maximum absolute atomic E-state index is 12.2. The lowest BCUT2D eigenvalue weighted by molar-refractivity contribution is -0.129. The Kier molecular flexibility index (Phi) is 6.63. The van der Waals surface area contributed by atoms with E-state index in [4.69, 9.17) is 0 Å². The quantitative estimate of drug-likeness (QED) is 0.707. The van der Waals surface area contributed by atoms with E-state index in [0.717, 1.165) is 45.3 Å². The van der Waals surface area contributed by atoms with Crippen molar-refractivity contribution < 1.29 is 4.79 Å². The van der Waals surface area contributed by atoms with Gasteiger partial charge in [-0.1, -0.05) is 60.7 Å². The normalized spacial score (nSPS) is 17.2. The highest BCUT2D eigenvalue weighted by Crippen LogP contribution is 2.21. The molecule has 132 valence electrons. The maximum atomic E-state index is 12.2. The number of nitrogens with zero attached hydrogens (tertiary/aromatic N) is 1. The Hall–Kier alpha value is -2.13. The number of hydrogen-bond donors (Lipinski definition) is 1. The van der Waals surface area contributed by atoms with Crippen LogP contribution in [0.1, 0.15) is 36.8 Å². The second-order valence-corrected chi connectivity index (χ2v) is 6.82. The second-order valence-electron chi connectivity index (χ2n) is 6.82. The molecule has 1 saturated heterocycles. The van der Waals surface area contributed by atoms with Gasteiger partial charge in [0.15, 0.2) is 0 Å². The van der Waals surface area contributed by atoms with Gasteiger partial charge in [0.25, 0.3) is 0 Å². The van der Waals surface area contributed by atoms with Crippen molar-refractivity contribution in [3.05, 3.63) is 71.8 Å². The predicted octanol–water partition coefficient (Wildman–Crippen LogP) is 3.79. The van der Waals surface area contributed by atoms with E-state index < -0.39 is 0 Å². The standard InChI is InChI=1S/C22H28N2O/c25-22-14-13-21(15-16-23-18-20-10-5-2-6-11-20)24(22)17-7-12-19-8-3-1-4-9-19/h1-6,8-11,21,23H,7,12-18H2. The summed E-state index contributed by atoms with van der Waals surface area (Å²) in [6.07, 6.45) is 4.86. The summed E-state index contributed by atoms with van der Waals surface area (Å²) in [5.74, 6) is 0.334. The molecule has 0 bridgehead atoms. The molecule has 1 aliphatic heterocycles. The molecule has 3 heteroatoms. The molecule has 0 spiro atoms. The second kappa shape index (κ2) is 9.38. The summed E-state index contributed by atoms with van der Waals surface area (Å²) in [7, 11) is 0. The maximum Gasteiger partial charge on any atom is 0.222 e. The fourth-order valence-electron chi connectivity index (χ4n) is 3.60. The van der Waals surface area contributed by atoms with Crippen LogP contribution in [-0.2, 0) is 17.8 Å². The number of nitrogens with one attached hydrogen (secondary N) is 1. The van der Waals surface area contributed by atoms with Crippen molar-refractivity contribution in [2.75, 3.05) is 13.1 Å². The van der Waals surface area contributed by atoms with Gasteiger partial charge in [0.1, 0.15) is 0 Å². The Bertz CT molecular complexity index is 642. The van der Waals surface area contributed by atoms with Crippen molar-refractivity contribution in [3.8, 4) is 0 Å². The van der Waals surface area contributed by atoms with Crippen molar-refractivity contribution in [1.29, 1.82) is 0 Å². The molecule has 0 aliphatic carbocycles. The number of amides is 1. The molecule has 1 atom stereocenters. The van der Waals surface area contributed by atoms with E-state index in [9.17, 15) is 4.79 Å². The summed E-state index contributed by atoms with van der Waals surface area (Å²) in [5.41, 5.74) is 2.67. The average molecular weight is 336 g/mol. The van der Waals surface area contributed by atoms with Crippen molar-refractivity contribution in [2.24, 2.45) is 0 Å². The van der Waals surface area contributed by atoms with Crippen LogP contribution in [0, 0.1) is 0 Å². The highest BCUT2D eigenvalue weighted by molar-refractivity contribution is 5.78. The van der Waals surface area contributed by atoms with Crippen molar-refractivity contribution in [3.63, 3.8) is 0 Å². The summed E-state index contributed by atoms with van der Waals surface area (Å²) < 4.78 is 0. The summed E-state index contributed by atoms with van der Waals surface area (Å²) in [6, 6.07) is 21.4. The van der Waals surface area contributed by atoms with E-state index in [1.54, 1.807) is 0 Å². The molecule has 1 N–H and O–H groups in total. The minimum absolute atomic E-state index is 0.334. The molecular weight excluding hydrogens is 308 g/mol. The molecule has 1 unspecified atom stereocenters. The van der Waals surface area contributed by atoms with Crippen LogP contribution in [0.25, 0.3) is 0 Å². The van der Waals surface area contributed by atoms with Crippen molar-refractivity contribution in [1.82, 2.24) is 10.2 Å². The Labute approximate surface area is 151 Å². The molecule has 1 fully saturated rings. The van der Waals surface area contributed by atoms with Gasteiger partial charge in [-0.3, -0.25) is 4.79 Å². The average Bonchev–Trinajstić information content (AvgIpc) is 3.01. The fourth-order valence-corrected chi connectivity index (χ4v) is 3.60. The first-order valence-electron chi connectivity index (χ1n) is 9.41. The van der Waals surface area contributed by atoms with Gasteiger partial charge < -0.3 is 10.2 Å². The van der Waals surface area contributed by atoms with Gasteiger partial charge in [-0.05, 0) is 43.4 Å². The molecule has 1 heterocycles. The van der Waals surface area contributed by atoms with E-state index in [1.807, 2.05) is 12.1 Å².